The van der Waals surface area contributed by atoms with Gasteiger partial charge in [0.15, 0.2) is 0 Å². The molecule has 0 fully saturated rings. The first-order valence-electron chi connectivity index (χ1n) is 6.56. The van der Waals surface area contributed by atoms with Crippen LogP contribution in [0.2, 0.25) is 0 Å². The second kappa shape index (κ2) is 6.65. The Hall–Kier alpha value is -1.21. The van der Waals surface area contributed by atoms with Gasteiger partial charge in [-0.2, -0.15) is 12.6 Å². The molecule has 0 nitrogen and oxygen atoms in total. The molecular weight excluding hydrogens is 236 g/mol. The summed E-state index contributed by atoms with van der Waals surface area (Å²) in [6, 6.07) is 17.6. The molecule has 2 aromatic carbocycles. The molecule has 0 bridgehead atoms. The maximum atomic E-state index is 4.24. The molecule has 0 unspecified atom stereocenters. The van der Waals surface area contributed by atoms with Crippen molar-refractivity contribution in [1.29, 1.82) is 0 Å². The van der Waals surface area contributed by atoms with Crippen LogP contribution in [0.15, 0.2) is 48.5 Å². The molecule has 1 heteroatoms. The zero-order chi connectivity index (χ0) is 12.8. The van der Waals surface area contributed by atoms with Gasteiger partial charge in [-0.15, -0.1) is 0 Å². The van der Waals surface area contributed by atoms with Crippen LogP contribution in [0.25, 0.3) is 11.1 Å². The molecule has 0 aliphatic heterocycles. The summed E-state index contributed by atoms with van der Waals surface area (Å²) in [4.78, 5) is 0. The highest BCUT2D eigenvalue weighted by Crippen LogP contribution is 2.20. The van der Waals surface area contributed by atoms with Gasteiger partial charge in [-0.1, -0.05) is 54.1 Å². The van der Waals surface area contributed by atoms with Crippen molar-refractivity contribution < 1.29 is 0 Å². The smallest absolute Gasteiger partial charge is 0.00978 e. The van der Waals surface area contributed by atoms with Crippen LogP contribution in [0, 0.1) is 6.92 Å². The molecule has 0 N–H and O–H groups in total. The summed E-state index contributed by atoms with van der Waals surface area (Å²) in [6.45, 7) is 2.12. The van der Waals surface area contributed by atoms with Crippen molar-refractivity contribution in [2.45, 2.75) is 26.2 Å². The summed E-state index contributed by atoms with van der Waals surface area (Å²) in [7, 11) is 0. The van der Waals surface area contributed by atoms with Crippen LogP contribution in [0.4, 0.5) is 0 Å². The van der Waals surface area contributed by atoms with Gasteiger partial charge in [0.05, 0.1) is 0 Å². The van der Waals surface area contributed by atoms with Crippen LogP contribution in [0.1, 0.15) is 24.0 Å². The third-order valence-corrected chi connectivity index (χ3v) is 3.53. The number of thiol groups is 1. The van der Waals surface area contributed by atoms with Gasteiger partial charge in [0.1, 0.15) is 0 Å². The third kappa shape index (κ3) is 3.64. The Kier molecular flexibility index (Phi) is 4.89. The Balaban J connectivity index is 2.05. The molecule has 2 rings (SSSR count). The molecule has 0 saturated heterocycles. The van der Waals surface area contributed by atoms with Gasteiger partial charge in [0.2, 0.25) is 0 Å². The van der Waals surface area contributed by atoms with Crippen molar-refractivity contribution in [3.8, 4) is 11.1 Å². The third-order valence-electron chi connectivity index (χ3n) is 3.21. The second-order valence-electron chi connectivity index (χ2n) is 4.74. The fourth-order valence-corrected chi connectivity index (χ4v) is 2.27. The molecule has 0 atom stereocenters. The topological polar surface area (TPSA) is 0 Å². The summed E-state index contributed by atoms with van der Waals surface area (Å²) in [5.41, 5.74) is 5.32. The van der Waals surface area contributed by atoms with Crippen LogP contribution >= 0.6 is 12.6 Å². The van der Waals surface area contributed by atoms with E-state index >= 15 is 0 Å². The minimum atomic E-state index is 0.988. The Morgan fingerprint density at radius 2 is 1.33 bits per heavy atom. The molecule has 0 spiro atoms. The number of aryl methyl sites for hydroxylation is 2. The summed E-state index contributed by atoms with van der Waals surface area (Å²) in [5, 5.41) is 0. The maximum Gasteiger partial charge on any atom is -0.00978 e. The molecule has 0 amide bonds. The maximum absolute atomic E-state index is 4.24. The first-order chi connectivity index (χ1) is 8.79. The van der Waals surface area contributed by atoms with E-state index in [4.69, 9.17) is 0 Å². The zero-order valence-electron chi connectivity index (χ0n) is 10.9. The lowest BCUT2D eigenvalue weighted by Crippen LogP contribution is -1.87. The number of hydrogen-bond acceptors (Lipinski definition) is 1. The SMILES string of the molecule is Cc1ccc(-c2ccc(CCCCS)cc2)cc1. The van der Waals surface area contributed by atoms with E-state index in [0.717, 1.165) is 12.2 Å². The van der Waals surface area contributed by atoms with E-state index in [1.54, 1.807) is 0 Å². The number of rotatable bonds is 5. The predicted molar refractivity (Wildman–Crippen MR) is 83.4 cm³/mol. The average Bonchev–Trinajstić information content (AvgIpc) is 2.41. The van der Waals surface area contributed by atoms with E-state index in [1.807, 2.05) is 0 Å². The van der Waals surface area contributed by atoms with Gasteiger partial charge >= 0.3 is 0 Å². The Labute approximate surface area is 115 Å². The molecule has 0 aliphatic carbocycles. The van der Waals surface area contributed by atoms with E-state index in [0.29, 0.717) is 0 Å². The highest BCUT2D eigenvalue weighted by molar-refractivity contribution is 7.80. The van der Waals surface area contributed by atoms with Gasteiger partial charge in [-0.3, -0.25) is 0 Å². The Morgan fingerprint density at radius 3 is 1.89 bits per heavy atom. The molecule has 94 valence electrons. The molecule has 0 aliphatic rings. The van der Waals surface area contributed by atoms with Crippen LogP contribution in [0.5, 0.6) is 0 Å². The molecular formula is C17H20S. The average molecular weight is 256 g/mol. The fraction of sp³-hybridized carbons (Fsp3) is 0.294. The lowest BCUT2D eigenvalue weighted by Gasteiger charge is -2.05. The zero-order valence-corrected chi connectivity index (χ0v) is 11.8. The first kappa shape index (κ1) is 13.2. The number of benzene rings is 2. The first-order valence-corrected chi connectivity index (χ1v) is 7.19. The fourth-order valence-electron chi connectivity index (χ4n) is 2.05. The summed E-state index contributed by atoms with van der Waals surface area (Å²) in [5.74, 6) is 0.988. The number of unbranched alkanes of at least 4 members (excludes halogenated alkanes) is 1. The van der Waals surface area contributed by atoms with Crippen LogP contribution in [-0.2, 0) is 6.42 Å². The lowest BCUT2D eigenvalue weighted by atomic mass is 10.0. The van der Waals surface area contributed by atoms with E-state index in [2.05, 4.69) is 68.1 Å². The van der Waals surface area contributed by atoms with E-state index in [-0.39, 0.29) is 0 Å². The monoisotopic (exact) mass is 256 g/mol. The van der Waals surface area contributed by atoms with E-state index in [9.17, 15) is 0 Å². The molecule has 0 saturated carbocycles. The lowest BCUT2D eigenvalue weighted by molar-refractivity contribution is 0.804. The summed E-state index contributed by atoms with van der Waals surface area (Å²) >= 11 is 4.24. The van der Waals surface area contributed by atoms with Crippen LogP contribution < -0.4 is 0 Å². The van der Waals surface area contributed by atoms with E-state index < -0.39 is 0 Å². The van der Waals surface area contributed by atoms with Crippen LogP contribution in [-0.4, -0.2) is 5.75 Å². The minimum Gasteiger partial charge on any atom is -0.179 e. The van der Waals surface area contributed by atoms with Gasteiger partial charge in [-0.05, 0) is 48.6 Å². The summed E-state index contributed by atoms with van der Waals surface area (Å²) < 4.78 is 0. The molecule has 0 radical (unpaired) electrons. The van der Waals surface area contributed by atoms with Crippen molar-refractivity contribution in [2.24, 2.45) is 0 Å². The van der Waals surface area contributed by atoms with Crippen molar-refractivity contribution in [2.75, 3.05) is 5.75 Å². The number of hydrogen-bond donors (Lipinski definition) is 1. The van der Waals surface area contributed by atoms with Crippen molar-refractivity contribution in [3.63, 3.8) is 0 Å². The highest BCUT2D eigenvalue weighted by atomic mass is 32.1. The largest absolute Gasteiger partial charge is 0.179 e. The minimum absolute atomic E-state index is 0.988. The van der Waals surface area contributed by atoms with Crippen LogP contribution in [0.3, 0.4) is 0 Å². The molecule has 2 aromatic rings. The quantitative estimate of drug-likeness (QED) is 0.570. The Morgan fingerprint density at radius 1 is 0.778 bits per heavy atom. The van der Waals surface area contributed by atoms with E-state index in [1.165, 1.54) is 35.1 Å². The van der Waals surface area contributed by atoms with Gasteiger partial charge in [0.25, 0.3) is 0 Å². The van der Waals surface area contributed by atoms with Gasteiger partial charge in [-0.25, -0.2) is 0 Å². The van der Waals surface area contributed by atoms with Gasteiger partial charge in [0, 0.05) is 0 Å². The van der Waals surface area contributed by atoms with Crippen molar-refractivity contribution >= 4 is 12.6 Å². The standard InChI is InChI=1S/C17H20S/c1-14-5-9-16(10-6-14)17-11-7-15(8-12-17)4-2-3-13-18/h5-12,18H,2-4,13H2,1H3. The molecule has 0 aromatic heterocycles. The van der Waals surface area contributed by atoms with Crippen molar-refractivity contribution in [3.05, 3.63) is 59.7 Å². The van der Waals surface area contributed by atoms with Gasteiger partial charge < -0.3 is 0 Å². The highest BCUT2D eigenvalue weighted by Gasteiger charge is 1.98. The summed E-state index contributed by atoms with van der Waals surface area (Å²) in [6.07, 6.45) is 3.59. The molecule has 18 heavy (non-hydrogen) atoms. The van der Waals surface area contributed by atoms with Crippen molar-refractivity contribution in [1.82, 2.24) is 0 Å². The molecule has 0 heterocycles. The Bertz CT molecular complexity index is 468. The normalized spacial score (nSPS) is 10.6. The predicted octanol–water partition coefficient (Wildman–Crippen LogP) is 4.91. The second-order valence-corrected chi connectivity index (χ2v) is 5.19.